The number of benzene rings is 1. The fraction of sp³-hybridized carbons (Fsp3) is 0.538. The monoisotopic (exact) mass is 221 g/mol. The smallest absolute Gasteiger partial charge is 0.116 e. The number of hydrogen-bond donors (Lipinski definition) is 2. The zero-order valence-electron chi connectivity index (χ0n) is 10.0. The molecule has 0 fully saturated rings. The summed E-state index contributed by atoms with van der Waals surface area (Å²) < 4.78 is 0. The summed E-state index contributed by atoms with van der Waals surface area (Å²) in [5.74, 6) is 0.375. The van der Waals surface area contributed by atoms with Gasteiger partial charge < -0.3 is 15.1 Å². The lowest BCUT2D eigenvalue weighted by molar-refractivity contribution is 0.167. The minimum atomic E-state index is -0.385. The molecular weight excluding hydrogens is 202 g/mol. The molecule has 2 rings (SSSR count). The Hall–Kier alpha value is -1.22. The molecule has 88 valence electrons. The number of phenolic OH excluding ortho intramolecular Hbond substituents is 1. The topological polar surface area (TPSA) is 43.7 Å². The molecule has 0 saturated carbocycles. The van der Waals surface area contributed by atoms with Gasteiger partial charge in [-0.25, -0.2) is 0 Å². The van der Waals surface area contributed by atoms with Gasteiger partial charge in [0, 0.05) is 24.2 Å². The van der Waals surface area contributed by atoms with E-state index in [1.54, 1.807) is 12.1 Å². The summed E-state index contributed by atoms with van der Waals surface area (Å²) in [7, 11) is 0. The van der Waals surface area contributed by atoms with E-state index in [4.69, 9.17) is 0 Å². The maximum absolute atomic E-state index is 9.78. The van der Waals surface area contributed by atoms with Crippen LogP contribution < -0.4 is 4.90 Å². The molecule has 3 heteroatoms. The van der Waals surface area contributed by atoms with Crippen LogP contribution >= 0.6 is 0 Å². The van der Waals surface area contributed by atoms with Crippen LogP contribution in [0.3, 0.4) is 0 Å². The standard InChI is InChI=1S/C13H19NO2/c1-8(2)14-7-12(9(3)15)11-6-10(16)4-5-13(11)14/h4-6,8-9,12,15-16H,7H2,1-3H3. The lowest BCUT2D eigenvalue weighted by atomic mass is 9.96. The van der Waals surface area contributed by atoms with Crippen molar-refractivity contribution in [3.63, 3.8) is 0 Å². The number of aliphatic hydroxyl groups is 1. The van der Waals surface area contributed by atoms with Crippen molar-refractivity contribution in [2.45, 2.75) is 38.8 Å². The summed E-state index contributed by atoms with van der Waals surface area (Å²) >= 11 is 0. The first kappa shape index (κ1) is 11.3. The maximum atomic E-state index is 9.78. The Morgan fingerprint density at radius 3 is 2.56 bits per heavy atom. The normalized spacial score (nSPS) is 21.3. The van der Waals surface area contributed by atoms with E-state index in [2.05, 4.69) is 18.7 Å². The number of anilines is 1. The van der Waals surface area contributed by atoms with Gasteiger partial charge >= 0.3 is 0 Å². The molecule has 1 aliphatic heterocycles. The molecule has 1 aromatic rings. The van der Waals surface area contributed by atoms with Crippen molar-refractivity contribution in [3.8, 4) is 5.75 Å². The molecule has 1 aromatic carbocycles. The average Bonchev–Trinajstić information content (AvgIpc) is 2.56. The highest BCUT2D eigenvalue weighted by Gasteiger charge is 2.32. The maximum Gasteiger partial charge on any atom is 0.116 e. The number of hydrogen-bond acceptors (Lipinski definition) is 3. The van der Waals surface area contributed by atoms with E-state index in [9.17, 15) is 10.2 Å². The Balaban J connectivity index is 2.44. The Bertz CT molecular complexity index is 388. The summed E-state index contributed by atoms with van der Waals surface area (Å²) in [5.41, 5.74) is 2.20. The van der Waals surface area contributed by atoms with E-state index in [1.165, 1.54) is 0 Å². The molecular formula is C13H19NO2. The molecule has 0 amide bonds. The molecule has 1 heterocycles. The summed E-state index contributed by atoms with van der Waals surface area (Å²) in [6, 6.07) is 5.83. The van der Waals surface area contributed by atoms with Gasteiger partial charge in [0.2, 0.25) is 0 Å². The minimum absolute atomic E-state index is 0.101. The predicted molar refractivity (Wildman–Crippen MR) is 65.0 cm³/mol. The Labute approximate surface area is 96.3 Å². The van der Waals surface area contributed by atoms with Crippen molar-refractivity contribution in [3.05, 3.63) is 23.8 Å². The zero-order valence-corrected chi connectivity index (χ0v) is 10.0. The van der Waals surface area contributed by atoms with Crippen LogP contribution in [-0.2, 0) is 0 Å². The van der Waals surface area contributed by atoms with Crippen LogP contribution in [0.5, 0.6) is 5.75 Å². The highest BCUT2D eigenvalue weighted by molar-refractivity contribution is 5.63. The van der Waals surface area contributed by atoms with Crippen molar-refractivity contribution in [1.29, 1.82) is 0 Å². The fourth-order valence-electron chi connectivity index (χ4n) is 2.41. The van der Waals surface area contributed by atoms with Crippen molar-refractivity contribution >= 4 is 5.69 Å². The van der Waals surface area contributed by atoms with Gasteiger partial charge in [-0.1, -0.05) is 0 Å². The number of fused-ring (bicyclic) bond motifs is 1. The molecule has 2 atom stereocenters. The molecule has 0 bridgehead atoms. The molecule has 3 nitrogen and oxygen atoms in total. The number of phenols is 1. The van der Waals surface area contributed by atoms with Crippen LogP contribution in [0.2, 0.25) is 0 Å². The van der Waals surface area contributed by atoms with Gasteiger partial charge in [0.25, 0.3) is 0 Å². The molecule has 2 N–H and O–H groups in total. The lowest BCUT2D eigenvalue weighted by Crippen LogP contribution is -2.31. The summed E-state index contributed by atoms with van der Waals surface area (Å²) in [6.07, 6.45) is -0.385. The first-order valence-electron chi connectivity index (χ1n) is 5.78. The largest absolute Gasteiger partial charge is 0.508 e. The predicted octanol–water partition coefficient (Wildman–Crippen LogP) is 2.08. The van der Waals surface area contributed by atoms with Gasteiger partial charge in [-0.3, -0.25) is 0 Å². The van der Waals surface area contributed by atoms with Crippen LogP contribution in [0, 0.1) is 0 Å². The minimum Gasteiger partial charge on any atom is -0.508 e. The highest BCUT2D eigenvalue weighted by Crippen LogP contribution is 2.40. The molecule has 0 radical (unpaired) electrons. The number of aromatic hydroxyl groups is 1. The third-order valence-corrected chi connectivity index (χ3v) is 3.32. The van der Waals surface area contributed by atoms with Crippen LogP contribution in [0.4, 0.5) is 5.69 Å². The summed E-state index contributed by atoms with van der Waals surface area (Å²) in [4.78, 5) is 2.27. The molecule has 0 aromatic heterocycles. The molecule has 1 aliphatic rings. The molecule has 0 aliphatic carbocycles. The average molecular weight is 221 g/mol. The molecule has 2 unspecified atom stereocenters. The van der Waals surface area contributed by atoms with Gasteiger partial charge in [-0.15, -0.1) is 0 Å². The third kappa shape index (κ3) is 1.76. The number of rotatable bonds is 2. The van der Waals surface area contributed by atoms with Crippen molar-refractivity contribution < 1.29 is 10.2 Å². The zero-order chi connectivity index (χ0) is 11.9. The van der Waals surface area contributed by atoms with Crippen LogP contribution in [-0.4, -0.2) is 28.9 Å². The van der Waals surface area contributed by atoms with Crippen LogP contribution in [0.15, 0.2) is 18.2 Å². The second-order valence-corrected chi connectivity index (χ2v) is 4.84. The van der Waals surface area contributed by atoms with E-state index in [0.717, 1.165) is 17.8 Å². The van der Waals surface area contributed by atoms with E-state index in [1.807, 2.05) is 13.0 Å². The fourth-order valence-corrected chi connectivity index (χ4v) is 2.41. The van der Waals surface area contributed by atoms with E-state index in [-0.39, 0.29) is 17.8 Å². The van der Waals surface area contributed by atoms with Crippen LogP contribution in [0.25, 0.3) is 0 Å². The summed E-state index contributed by atoms with van der Waals surface area (Å²) in [6.45, 7) is 6.92. The number of nitrogens with zero attached hydrogens (tertiary/aromatic N) is 1. The Morgan fingerprint density at radius 2 is 2.00 bits per heavy atom. The summed E-state index contributed by atoms with van der Waals surface area (Å²) in [5, 5.41) is 19.3. The second kappa shape index (κ2) is 3.98. The molecule has 16 heavy (non-hydrogen) atoms. The van der Waals surface area contributed by atoms with E-state index >= 15 is 0 Å². The van der Waals surface area contributed by atoms with E-state index < -0.39 is 0 Å². The Kier molecular flexibility index (Phi) is 2.80. The van der Waals surface area contributed by atoms with Crippen LogP contribution in [0.1, 0.15) is 32.3 Å². The van der Waals surface area contributed by atoms with Gasteiger partial charge in [0.05, 0.1) is 6.10 Å². The van der Waals surface area contributed by atoms with Gasteiger partial charge in [-0.2, -0.15) is 0 Å². The lowest BCUT2D eigenvalue weighted by Gasteiger charge is -2.24. The highest BCUT2D eigenvalue weighted by atomic mass is 16.3. The van der Waals surface area contributed by atoms with Crippen molar-refractivity contribution in [1.82, 2.24) is 0 Å². The SMILES string of the molecule is CC(O)C1CN(C(C)C)c2ccc(O)cc21. The molecule has 0 saturated heterocycles. The van der Waals surface area contributed by atoms with Gasteiger partial charge in [-0.05, 0) is 44.5 Å². The van der Waals surface area contributed by atoms with Crippen molar-refractivity contribution in [2.24, 2.45) is 0 Å². The number of aliphatic hydroxyl groups excluding tert-OH is 1. The first-order valence-corrected chi connectivity index (χ1v) is 5.78. The van der Waals surface area contributed by atoms with E-state index in [0.29, 0.717) is 6.04 Å². The quantitative estimate of drug-likeness (QED) is 0.803. The third-order valence-electron chi connectivity index (χ3n) is 3.32. The second-order valence-electron chi connectivity index (χ2n) is 4.84. The molecule has 0 spiro atoms. The van der Waals surface area contributed by atoms with Crippen molar-refractivity contribution in [2.75, 3.05) is 11.4 Å². The van der Waals surface area contributed by atoms with Gasteiger partial charge in [0.1, 0.15) is 5.75 Å². The first-order chi connectivity index (χ1) is 7.50. The Morgan fingerprint density at radius 1 is 1.31 bits per heavy atom. The van der Waals surface area contributed by atoms with Gasteiger partial charge in [0.15, 0.2) is 0 Å².